The molecule has 0 atom stereocenters. The van der Waals surface area contributed by atoms with Gasteiger partial charge in [0.05, 0.1) is 11.2 Å². The van der Waals surface area contributed by atoms with Gasteiger partial charge in [0.2, 0.25) is 0 Å². The maximum atomic E-state index is 12.6. The predicted octanol–water partition coefficient (Wildman–Crippen LogP) is 8.16. The number of rotatable bonds is 13. The third kappa shape index (κ3) is 7.62. The van der Waals surface area contributed by atoms with E-state index in [0.29, 0.717) is 5.82 Å². The fourth-order valence-electron chi connectivity index (χ4n) is 5.80. The Bertz CT molecular complexity index is 554. The molecule has 0 unspecified atom stereocenters. The molecule has 5 nitrogen and oxygen atoms in total. The topological polar surface area (TPSA) is 48.0 Å². The van der Waals surface area contributed by atoms with Gasteiger partial charge >= 0.3 is 13.2 Å². The fraction of sp³-hybridized carbons (Fsp3) is 0.964. The number of piperidine rings is 1. The first kappa shape index (κ1) is 29.5. The van der Waals surface area contributed by atoms with E-state index >= 15 is 0 Å². The average Bonchev–Trinajstić information content (AvgIpc) is 3.12. The molecule has 2 aliphatic heterocycles. The Morgan fingerprint density at radius 1 is 0.824 bits per heavy atom. The second-order valence-electron chi connectivity index (χ2n) is 11.8. The van der Waals surface area contributed by atoms with Crippen molar-refractivity contribution < 1.29 is 18.8 Å². The molecule has 2 rings (SSSR count). The minimum absolute atomic E-state index is 0.150. The van der Waals surface area contributed by atoms with Gasteiger partial charge in [0.25, 0.3) is 0 Å². The molecule has 2 heterocycles. The van der Waals surface area contributed by atoms with E-state index in [4.69, 9.17) is 14.0 Å². The van der Waals surface area contributed by atoms with E-state index in [1.807, 2.05) is 25.7 Å². The molecule has 0 aliphatic carbocycles. The predicted molar refractivity (Wildman–Crippen MR) is 142 cm³/mol. The highest BCUT2D eigenvalue weighted by molar-refractivity contribution is 6.47. The summed E-state index contributed by atoms with van der Waals surface area (Å²) in [5, 5.41) is 0. The molecule has 0 radical (unpaired) electrons. The van der Waals surface area contributed by atoms with Crippen LogP contribution in [0.5, 0.6) is 0 Å². The number of carbonyl (C=O) groups excluding carboxylic acids is 1. The molecule has 0 aromatic heterocycles. The van der Waals surface area contributed by atoms with Crippen molar-refractivity contribution in [2.75, 3.05) is 13.1 Å². The van der Waals surface area contributed by atoms with Crippen LogP contribution in [0.25, 0.3) is 0 Å². The summed E-state index contributed by atoms with van der Waals surface area (Å²) in [7, 11) is -0.150. The van der Waals surface area contributed by atoms with Crippen LogP contribution in [0.1, 0.15) is 138 Å². The van der Waals surface area contributed by atoms with Crippen LogP contribution in [-0.2, 0) is 14.0 Å². The van der Waals surface area contributed by atoms with Crippen molar-refractivity contribution in [1.82, 2.24) is 4.90 Å². The maximum Gasteiger partial charge on any atom is 0.461 e. The van der Waals surface area contributed by atoms with E-state index in [1.54, 1.807) is 0 Å². The highest BCUT2D eigenvalue weighted by Gasteiger charge is 2.61. The number of likely N-dealkylation sites (tertiary alicyclic amines) is 1. The third-order valence-electron chi connectivity index (χ3n) is 7.83. The Labute approximate surface area is 211 Å². The van der Waals surface area contributed by atoms with Gasteiger partial charge in [-0.3, -0.25) is 0 Å². The highest BCUT2D eigenvalue weighted by Crippen LogP contribution is 2.53. The number of unbranched alkanes of at least 4 members (excludes halogenated alkanes) is 4. The first-order chi connectivity index (χ1) is 16.2. The third-order valence-corrected chi connectivity index (χ3v) is 7.83. The van der Waals surface area contributed by atoms with E-state index in [2.05, 4.69) is 27.7 Å². The van der Waals surface area contributed by atoms with Gasteiger partial charge in [-0.15, -0.1) is 0 Å². The van der Waals surface area contributed by atoms with Crippen LogP contribution < -0.4 is 0 Å². The van der Waals surface area contributed by atoms with Gasteiger partial charge in [-0.05, 0) is 65.1 Å². The molecular formula is C28H54BNO4. The summed E-state index contributed by atoms with van der Waals surface area (Å²) >= 11 is 0. The zero-order chi connectivity index (χ0) is 25.2. The Morgan fingerprint density at radius 3 is 1.53 bits per heavy atom. The molecule has 1 amide bonds. The highest BCUT2D eigenvalue weighted by atomic mass is 16.7. The lowest BCUT2D eigenvalue weighted by molar-refractivity contribution is -0.0761. The van der Waals surface area contributed by atoms with Crippen LogP contribution in [0.4, 0.5) is 4.79 Å². The van der Waals surface area contributed by atoms with Crippen LogP contribution in [0.2, 0.25) is 5.82 Å². The Hall–Kier alpha value is -0.745. The first-order valence-corrected chi connectivity index (χ1v) is 14.5. The van der Waals surface area contributed by atoms with Gasteiger partial charge in [-0.2, -0.15) is 0 Å². The minimum Gasteiger partial charge on any atom is -0.444 e. The van der Waals surface area contributed by atoms with E-state index in [1.165, 1.54) is 51.4 Å². The number of nitrogens with zero attached hydrogens (tertiary/aromatic N) is 1. The lowest BCUT2D eigenvalue weighted by atomic mass is 9.66. The van der Waals surface area contributed by atoms with Gasteiger partial charge in [0, 0.05) is 13.1 Å². The van der Waals surface area contributed by atoms with E-state index in [0.717, 1.165) is 51.6 Å². The smallest absolute Gasteiger partial charge is 0.444 e. The Kier molecular flexibility index (Phi) is 11.7. The number of hydrogen-bond acceptors (Lipinski definition) is 4. The van der Waals surface area contributed by atoms with Crippen LogP contribution >= 0.6 is 0 Å². The summed E-state index contributed by atoms with van der Waals surface area (Å²) in [6.45, 7) is 16.4. The standard InChI is InChI=1S/C28H54BNO4/c1-8-12-18-27(19-13-9-2)28(20-14-10-3,21-15-11-4)34-29(33-27)24-16-22-30(23-17-24)25(31)32-26(5,6)7/h24H,8-23H2,1-7H3. The summed E-state index contributed by atoms with van der Waals surface area (Å²) < 4.78 is 19.9. The van der Waals surface area contributed by atoms with Crippen molar-refractivity contribution in [3.8, 4) is 0 Å². The van der Waals surface area contributed by atoms with Crippen molar-refractivity contribution in [3.05, 3.63) is 0 Å². The van der Waals surface area contributed by atoms with Crippen molar-refractivity contribution in [2.45, 2.75) is 161 Å². The summed E-state index contributed by atoms with van der Waals surface area (Å²) in [5.41, 5.74) is -0.797. The Balaban J connectivity index is 2.21. The lowest BCUT2D eigenvalue weighted by Gasteiger charge is -2.45. The zero-order valence-corrected chi connectivity index (χ0v) is 23.5. The minimum atomic E-state index is -0.456. The number of ether oxygens (including phenoxy) is 1. The molecule has 0 aromatic carbocycles. The monoisotopic (exact) mass is 479 g/mol. The second-order valence-corrected chi connectivity index (χ2v) is 11.8. The van der Waals surface area contributed by atoms with Crippen molar-refractivity contribution >= 4 is 13.2 Å². The zero-order valence-electron chi connectivity index (χ0n) is 23.5. The lowest BCUT2D eigenvalue weighted by Crippen LogP contribution is -2.52. The van der Waals surface area contributed by atoms with Gasteiger partial charge < -0.3 is 18.9 Å². The summed E-state index contributed by atoms with van der Waals surface area (Å²) in [4.78, 5) is 14.4. The summed E-state index contributed by atoms with van der Waals surface area (Å²) in [6, 6.07) is 0. The van der Waals surface area contributed by atoms with Gasteiger partial charge in [0.1, 0.15) is 5.60 Å². The van der Waals surface area contributed by atoms with Gasteiger partial charge in [-0.25, -0.2) is 4.79 Å². The van der Waals surface area contributed by atoms with E-state index in [-0.39, 0.29) is 24.4 Å². The molecular weight excluding hydrogens is 425 g/mol. The molecule has 0 N–H and O–H groups in total. The molecule has 0 aromatic rings. The van der Waals surface area contributed by atoms with Crippen LogP contribution in [0.3, 0.4) is 0 Å². The molecule has 2 fully saturated rings. The first-order valence-electron chi connectivity index (χ1n) is 14.5. The van der Waals surface area contributed by atoms with Gasteiger partial charge in [0.15, 0.2) is 0 Å². The average molecular weight is 480 g/mol. The Morgan fingerprint density at radius 2 is 1.21 bits per heavy atom. The van der Waals surface area contributed by atoms with Crippen molar-refractivity contribution in [1.29, 1.82) is 0 Å². The van der Waals surface area contributed by atoms with E-state index in [9.17, 15) is 4.79 Å². The van der Waals surface area contributed by atoms with Crippen LogP contribution in [0, 0.1) is 0 Å². The summed E-state index contributed by atoms with van der Waals surface area (Å²) in [5.74, 6) is 0.339. The van der Waals surface area contributed by atoms with Crippen molar-refractivity contribution in [3.63, 3.8) is 0 Å². The molecule has 6 heteroatoms. The largest absolute Gasteiger partial charge is 0.461 e. The van der Waals surface area contributed by atoms with Gasteiger partial charge in [-0.1, -0.05) is 79.1 Å². The van der Waals surface area contributed by atoms with Crippen molar-refractivity contribution in [2.24, 2.45) is 0 Å². The normalized spacial score (nSPS) is 20.7. The molecule has 0 bridgehead atoms. The maximum absolute atomic E-state index is 12.6. The number of carbonyl (C=O) groups is 1. The van der Waals surface area contributed by atoms with E-state index < -0.39 is 5.60 Å². The molecule has 0 saturated carbocycles. The molecule has 2 saturated heterocycles. The summed E-state index contributed by atoms with van der Waals surface area (Å²) in [6.07, 6.45) is 15.6. The number of amides is 1. The number of hydrogen-bond donors (Lipinski definition) is 0. The quantitative estimate of drug-likeness (QED) is 0.250. The van der Waals surface area contributed by atoms with Crippen LogP contribution in [-0.4, -0.2) is 48.0 Å². The molecule has 34 heavy (non-hydrogen) atoms. The SMILES string of the molecule is CCCCC1(CCCC)OB(C2CCN(C(=O)OC(C)(C)C)CC2)OC1(CCCC)CCCC. The molecule has 0 spiro atoms. The second kappa shape index (κ2) is 13.5. The van der Waals surface area contributed by atoms with Crippen LogP contribution in [0.15, 0.2) is 0 Å². The fourth-order valence-corrected chi connectivity index (χ4v) is 5.80. The molecule has 2 aliphatic rings. The molecule has 198 valence electrons.